The van der Waals surface area contributed by atoms with Gasteiger partial charge in [-0.05, 0) is 57.6 Å². The molecule has 2 unspecified atom stereocenters. The molecule has 8 nitrogen and oxygen atoms in total. The van der Waals surface area contributed by atoms with Gasteiger partial charge >= 0.3 is 6.09 Å². The van der Waals surface area contributed by atoms with Gasteiger partial charge in [0.15, 0.2) is 0 Å². The maximum Gasteiger partial charge on any atom is 0.408 e. The lowest BCUT2D eigenvalue weighted by Crippen LogP contribution is -2.53. The summed E-state index contributed by atoms with van der Waals surface area (Å²) in [5.41, 5.74) is 1.14. The van der Waals surface area contributed by atoms with Crippen LogP contribution < -0.4 is 10.6 Å². The molecule has 0 heterocycles. The Hall–Kier alpha value is -3.55. The van der Waals surface area contributed by atoms with Crippen molar-refractivity contribution in [2.24, 2.45) is 5.92 Å². The Kier molecular flexibility index (Phi) is 13.8. The van der Waals surface area contributed by atoms with Crippen LogP contribution in [0.15, 0.2) is 48.5 Å². The van der Waals surface area contributed by atoms with Crippen molar-refractivity contribution in [3.63, 3.8) is 0 Å². The Bertz CT molecular complexity index is 1140. The number of nitrogens with zero attached hydrogens (tertiary/aromatic N) is 1. The van der Waals surface area contributed by atoms with Crippen LogP contribution in [0.5, 0.6) is 5.75 Å². The normalized spacial score (nSPS) is 12.9. The number of hydrogen-bond donors (Lipinski definition) is 3. The molecule has 0 saturated carbocycles. The van der Waals surface area contributed by atoms with Crippen LogP contribution >= 0.6 is 0 Å². The lowest BCUT2D eigenvalue weighted by molar-refractivity contribution is -0.143. The Morgan fingerprint density at radius 3 is 2.24 bits per heavy atom. The molecule has 2 aromatic carbocycles. The Morgan fingerprint density at radius 1 is 0.952 bits per heavy atom. The van der Waals surface area contributed by atoms with E-state index in [9.17, 15) is 19.5 Å². The first-order chi connectivity index (χ1) is 19.8. The van der Waals surface area contributed by atoms with E-state index in [0.717, 1.165) is 31.2 Å². The Morgan fingerprint density at radius 2 is 1.62 bits per heavy atom. The summed E-state index contributed by atoms with van der Waals surface area (Å²) >= 11 is 0. The highest BCUT2D eigenvalue weighted by molar-refractivity contribution is 5.92. The van der Waals surface area contributed by atoms with Crippen LogP contribution in [0.25, 0.3) is 0 Å². The fourth-order valence-electron chi connectivity index (χ4n) is 4.83. The molecular formula is C34H51N3O5. The molecule has 0 aliphatic rings. The fourth-order valence-corrected chi connectivity index (χ4v) is 4.83. The summed E-state index contributed by atoms with van der Waals surface area (Å²) in [4.78, 5) is 42.7. The standard InChI is InChI=1S/C34H51N3O5/c1-8-9-10-11-15-21-37(32(40)28(22-24(2)3)36-33(41)42-34(5,6)7)29(27-20-16-17-25(4)30(27)38)31(39)35-23-26-18-13-12-14-19-26/h12-14,16-20,24,28-29,38H,8-11,15,21-23H2,1-7H3,(H,35,39)(H,36,41). The molecule has 0 radical (unpaired) electrons. The van der Waals surface area contributed by atoms with E-state index < -0.39 is 29.7 Å². The van der Waals surface area contributed by atoms with Gasteiger partial charge in [0.1, 0.15) is 23.4 Å². The molecule has 2 atom stereocenters. The molecule has 0 saturated heterocycles. The highest BCUT2D eigenvalue weighted by atomic mass is 16.6. The van der Waals surface area contributed by atoms with Gasteiger partial charge in [-0.2, -0.15) is 0 Å². The number of nitrogens with one attached hydrogen (secondary N) is 2. The molecule has 3 N–H and O–H groups in total. The summed E-state index contributed by atoms with van der Waals surface area (Å²) in [7, 11) is 0. The molecule has 42 heavy (non-hydrogen) atoms. The average Bonchev–Trinajstić information content (AvgIpc) is 2.91. The zero-order valence-electron chi connectivity index (χ0n) is 26.5. The molecule has 8 heteroatoms. The van der Waals surface area contributed by atoms with Crippen LogP contribution in [0.2, 0.25) is 0 Å². The number of phenolic OH excluding ortho intramolecular Hbond substituents is 1. The van der Waals surface area contributed by atoms with Gasteiger partial charge in [0.2, 0.25) is 11.8 Å². The van der Waals surface area contributed by atoms with E-state index in [2.05, 4.69) is 17.6 Å². The molecular weight excluding hydrogens is 530 g/mol. The van der Waals surface area contributed by atoms with Crippen molar-refractivity contribution in [2.75, 3.05) is 6.54 Å². The second-order valence-electron chi connectivity index (χ2n) is 12.4. The summed E-state index contributed by atoms with van der Waals surface area (Å²) in [5, 5.41) is 16.9. The van der Waals surface area contributed by atoms with E-state index in [1.54, 1.807) is 45.9 Å². The first-order valence-electron chi connectivity index (χ1n) is 15.2. The molecule has 0 bridgehead atoms. The van der Waals surface area contributed by atoms with E-state index >= 15 is 0 Å². The lowest BCUT2D eigenvalue weighted by atomic mass is 9.97. The molecule has 0 aromatic heterocycles. The number of unbranched alkanes of at least 4 members (excludes halogenated alkanes) is 4. The molecule has 232 valence electrons. The van der Waals surface area contributed by atoms with E-state index in [-0.39, 0.29) is 24.1 Å². The van der Waals surface area contributed by atoms with Gasteiger partial charge in [0, 0.05) is 18.7 Å². The molecule has 2 aromatic rings. The van der Waals surface area contributed by atoms with Crippen molar-refractivity contribution in [3.05, 3.63) is 65.2 Å². The second-order valence-corrected chi connectivity index (χ2v) is 12.4. The van der Waals surface area contributed by atoms with Crippen molar-refractivity contribution in [1.82, 2.24) is 15.5 Å². The van der Waals surface area contributed by atoms with Crippen molar-refractivity contribution < 1.29 is 24.2 Å². The molecule has 3 amide bonds. The Balaban J connectivity index is 2.52. The molecule has 2 rings (SSSR count). The van der Waals surface area contributed by atoms with Crippen molar-refractivity contribution in [1.29, 1.82) is 0 Å². The van der Waals surface area contributed by atoms with Gasteiger partial charge in [-0.15, -0.1) is 0 Å². The SMILES string of the molecule is CCCCCCCN(C(=O)C(CC(C)C)NC(=O)OC(C)(C)C)C(C(=O)NCc1ccccc1)c1cccc(C)c1O. The number of aromatic hydroxyl groups is 1. The quantitative estimate of drug-likeness (QED) is 0.201. The topological polar surface area (TPSA) is 108 Å². The number of carbonyl (C=O) groups excluding carboxylic acids is 3. The maximum atomic E-state index is 14.4. The van der Waals surface area contributed by atoms with Gasteiger partial charge < -0.3 is 25.4 Å². The third kappa shape index (κ3) is 11.4. The number of ether oxygens (including phenoxy) is 1. The van der Waals surface area contributed by atoms with E-state index in [4.69, 9.17) is 4.74 Å². The third-order valence-corrected chi connectivity index (χ3v) is 6.91. The number of hydrogen-bond acceptors (Lipinski definition) is 5. The van der Waals surface area contributed by atoms with E-state index in [1.807, 2.05) is 44.2 Å². The van der Waals surface area contributed by atoms with Gasteiger partial charge in [0.05, 0.1) is 0 Å². The molecule has 0 fully saturated rings. The van der Waals surface area contributed by atoms with Crippen molar-refractivity contribution >= 4 is 17.9 Å². The third-order valence-electron chi connectivity index (χ3n) is 6.91. The summed E-state index contributed by atoms with van der Waals surface area (Å²) in [6.45, 7) is 13.7. The largest absolute Gasteiger partial charge is 0.507 e. The van der Waals surface area contributed by atoms with E-state index in [1.165, 1.54) is 4.90 Å². The maximum absolute atomic E-state index is 14.4. The molecule has 0 aliphatic heterocycles. The number of rotatable bonds is 15. The fraction of sp³-hybridized carbons (Fsp3) is 0.559. The van der Waals surface area contributed by atoms with Crippen LogP contribution in [-0.4, -0.2) is 46.1 Å². The van der Waals surface area contributed by atoms with Crippen molar-refractivity contribution in [3.8, 4) is 5.75 Å². The zero-order valence-corrected chi connectivity index (χ0v) is 26.5. The van der Waals surface area contributed by atoms with Gasteiger partial charge in [0.25, 0.3) is 0 Å². The van der Waals surface area contributed by atoms with E-state index in [0.29, 0.717) is 30.5 Å². The smallest absolute Gasteiger partial charge is 0.408 e. The average molecular weight is 582 g/mol. The summed E-state index contributed by atoms with van der Waals surface area (Å²) in [6, 6.07) is 12.8. The number of carbonyl (C=O) groups is 3. The minimum absolute atomic E-state index is 0.0262. The highest BCUT2D eigenvalue weighted by Crippen LogP contribution is 2.33. The number of amides is 3. The van der Waals surface area contributed by atoms with Crippen molar-refractivity contribution in [2.45, 2.75) is 111 Å². The number of aryl methyl sites for hydroxylation is 1. The van der Waals surface area contributed by atoms with Crippen LogP contribution in [0.3, 0.4) is 0 Å². The van der Waals surface area contributed by atoms with Crippen LogP contribution in [-0.2, 0) is 20.9 Å². The van der Waals surface area contributed by atoms with Gasteiger partial charge in [-0.3, -0.25) is 9.59 Å². The zero-order chi connectivity index (χ0) is 31.3. The summed E-state index contributed by atoms with van der Waals surface area (Å²) in [5.74, 6) is -0.729. The predicted molar refractivity (Wildman–Crippen MR) is 167 cm³/mol. The predicted octanol–water partition coefficient (Wildman–Crippen LogP) is 6.80. The second kappa shape index (κ2) is 16.8. The number of alkyl carbamates (subject to hydrolysis) is 1. The monoisotopic (exact) mass is 581 g/mol. The van der Waals surface area contributed by atoms with Crippen LogP contribution in [0.1, 0.15) is 103 Å². The first kappa shape index (κ1) is 34.7. The number of benzene rings is 2. The summed E-state index contributed by atoms with van der Waals surface area (Å²) < 4.78 is 5.48. The number of phenols is 1. The Labute approximate surface area is 252 Å². The highest BCUT2D eigenvalue weighted by Gasteiger charge is 2.37. The minimum Gasteiger partial charge on any atom is -0.507 e. The van der Waals surface area contributed by atoms with Crippen LogP contribution in [0, 0.1) is 12.8 Å². The summed E-state index contributed by atoms with van der Waals surface area (Å²) in [6.07, 6.45) is 4.44. The first-order valence-corrected chi connectivity index (χ1v) is 15.2. The number of para-hydroxylation sites is 1. The molecule has 0 spiro atoms. The van der Waals surface area contributed by atoms with Gasteiger partial charge in [-0.25, -0.2) is 4.79 Å². The van der Waals surface area contributed by atoms with Crippen LogP contribution in [0.4, 0.5) is 4.79 Å². The molecule has 0 aliphatic carbocycles. The lowest BCUT2D eigenvalue weighted by Gasteiger charge is -2.35. The minimum atomic E-state index is -1.10. The van der Waals surface area contributed by atoms with Gasteiger partial charge in [-0.1, -0.05) is 95.0 Å².